The predicted octanol–water partition coefficient (Wildman–Crippen LogP) is 1.15. The molecule has 0 radical (unpaired) electrons. The van der Waals surface area contributed by atoms with E-state index in [1.54, 1.807) is 38.3 Å². The highest BCUT2D eigenvalue weighted by Crippen LogP contribution is 2.13. The lowest BCUT2D eigenvalue weighted by molar-refractivity contribution is -0.152. The molecule has 0 fully saturated rings. The number of carbonyl (C=O) groups is 1. The number of hydrogen-bond donors (Lipinski definition) is 1. The van der Waals surface area contributed by atoms with E-state index in [9.17, 15) is 9.90 Å². The van der Waals surface area contributed by atoms with Crippen LogP contribution in [-0.2, 0) is 25.4 Å². The second-order valence-corrected chi connectivity index (χ2v) is 4.28. The zero-order chi connectivity index (χ0) is 15.5. The lowest BCUT2D eigenvalue weighted by Gasteiger charge is -2.10. The smallest absolute Gasteiger partial charge is 0.335 e. The Morgan fingerprint density at radius 3 is 2.57 bits per heavy atom. The number of esters is 1. The van der Waals surface area contributed by atoms with Crippen LogP contribution in [0, 0.1) is 0 Å². The summed E-state index contributed by atoms with van der Waals surface area (Å²) in [4.78, 5) is 11.3. The van der Waals surface area contributed by atoms with Crippen LogP contribution in [0.1, 0.15) is 12.5 Å². The summed E-state index contributed by atoms with van der Waals surface area (Å²) in [7, 11) is 1.56. The van der Waals surface area contributed by atoms with Gasteiger partial charge in [-0.2, -0.15) is 0 Å². The Morgan fingerprint density at radius 1 is 1.24 bits per heavy atom. The fraction of sp³-hybridized carbons (Fsp3) is 0.533. The molecule has 0 bridgehead atoms. The van der Waals surface area contributed by atoms with Crippen LogP contribution in [0.4, 0.5) is 0 Å². The molecule has 1 rings (SSSR count). The Bertz CT molecular complexity index is 403. The number of carbonyl (C=O) groups excluding carboxylic acids is 1. The first-order valence-electron chi connectivity index (χ1n) is 6.80. The van der Waals surface area contributed by atoms with Crippen molar-refractivity contribution in [2.24, 2.45) is 0 Å². The lowest BCUT2D eigenvalue weighted by atomic mass is 10.1. The van der Waals surface area contributed by atoms with Gasteiger partial charge in [0, 0.05) is 13.5 Å². The summed E-state index contributed by atoms with van der Waals surface area (Å²) in [5.41, 5.74) is 0.832. The number of methoxy groups -OCH3 is 1. The second kappa shape index (κ2) is 10.1. The normalized spacial score (nSPS) is 12.0. The molecule has 0 aromatic heterocycles. The van der Waals surface area contributed by atoms with Gasteiger partial charge in [0.05, 0.1) is 13.2 Å². The van der Waals surface area contributed by atoms with Crippen LogP contribution < -0.4 is 4.74 Å². The molecule has 6 heteroatoms. The van der Waals surface area contributed by atoms with Crippen molar-refractivity contribution in [3.8, 4) is 5.75 Å². The lowest BCUT2D eigenvalue weighted by Crippen LogP contribution is -2.25. The summed E-state index contributed by atoms with van der Waals surface area (Å²) >= 11 is 0. The van der Waals surface area contributed by atoms with Gasteiger partial charge in [0.2, 0.25) is 0 Å². The van der Waals surface area contributed by atoms with Crippen molar-refractivity contribution < 1.29 is 28.8 Å². The van der Waals surface area contributed by atoms with E-state index < -0.39 is 12.1 Å². The molecule has 0 aliphatic rings. The van der Waals surface area contributed by atoms with Crippen molar-refractivity contribution >= 4 is 5.97 Å². The molecule has 118 valence electrons. The van der Waals surface area contributed by atoms with Gasteiger partial charge < -0.3 is 24.1 Å². The van der Waals surface area contributed by atoms with Gasteiger partial charge in [-0.1, -0.05) is 12.1 Å². The summed E-state index contributed by atoms with van der Waals surface area (Å²) in [6.07, 6.45) is -0.921. The molecule has 0 heterocycles. The summed E-state index contributed by atoms with van der Waals surface area (Å²) in [5.74, 6) is 0.0958. The molecule has 0 saturated heterocycles. The van der Waals surface area contributed by atoms with Gasteiger partial charge in [0.15, 0.2) is 6.10 Å². The molecule has 6 nitrogen and oxygen atoms in total. The van der Waals surface area contributed by atoms with Crippen LogP contribution in [0.15, 0.2) is 24.3 Å². The van der Waals surface area contributed by atoms with E-state index in [-0.39, 0.29) is 19.8 Å². The highest BCUT2D eigenvalue weighted by molar-refractivity contribution is 5.74. The maximum absolute atomic E-state index is 11.3. The van der Waals surface area contributed by atoms with Crippen molar-refractivity contribution in [1.29, 1.82) is 0 Å². The minimum Gasteiger partial charge on any atom is -0.491 e. The van der Waals surface area contributed by atoms with Crippen molar-refractivity contribution in [3.05, 3.63) is 29.8 Å². The van der Waals surface area contributed by atoms with E-state index in [0.717, 1.165) is 5.56 Å². The summed E-state index contributed by atoms with van der Waals surface area (Å²) in [6.45, 7) is 3.07. The Morgan fingerprint density at radius 2 is 1.95 bits per heavy atom. The molecule has 0 aliphatic carbocycles. The SMILES string of the molecule is CCOC(=O)[C@@H](O)Cc1ccc(OCCOCOC)cc1. The second-order valence-electron chi connectivity index (χ2n) is 4.28. The number of aliphatic hydroxyl groups excluding tert-OH is 1. The van der Waals surface area contributed by atoms with Crippen molar-refractivity contribution in [2.45, 2.75) is 19.4 Å². The first-order valence-corrected chi connectivity index (χ1v) is 6.80. The van der Waals surface area contributed by atoms with Crippen LogP contribution in [0.3, 0.4) is 0 Å². The highest BCUT2D eigenvalue weighted by atomic mass is 16.7. The zero-order valence-corrected chi connectivity index (χ0v) is 12.4. The Labute approximate surface area is 124 Å². The van der Waals surface area contributed by atoms with Crippen LogP contribution in [0.2, 0.25) is 0 Å². The van der Waals surface area contributed by atoms with Gasteiger partial charge >= 0.3 is 5.97 Å². The highest BCUT2D eigenvalue weighted by Gasteiger charge is 2.16. The topological polar surface area (TPSA) is 74.2 Å². The molecule has 0 unspecified atom stereocenters. The molecule has 0 amide bonds. The molecule has 21 heavy (non-hydrogen) atoms. The molecule has 1 atom stereocenters. The monoisotopic (exact) mass is 298 g/mol. The standard InChI is InChI=1S/C15H22O6/c1-3-20-15(17)14(16)10-12-4-6-13(7-5-12)21-9-8-19-11-18-2/h4-7,14,16H,3,8-11H2,1-2H3/t14-/m0/s1. The van der Waals surface area contributed by atoms with Gasteiger partial charge in [-0.05, 0) is 24.6 Å². The molecule has 1 aromatic carbocycles. The van der Waals surface area contributed by atoms with Crippen LogP contribution in [0.25, 0.3) is 0 Å². The molecular weight excluding hydrogens is 276 g/mol. The number of rotatable bonds is 10. The number of benzene rings is 1. The van der Waals surface area contributed by atoms with Crippen LogP contribution in [-0.4, -0.2) is 50.9 Å². The van der Waals surface area contributed by atoms with Crippen molar-refractivity contribution in [1.82, 2.24) is 0 Å². The first-order chi connectivity index (χ1) is 10.2. The fourth-order valence-electron chi connectivity index (χ4n) is 1.63. The maximum atomic E-state index is 11.3. The largest absolute Gasteiger partial charge is 0.491 e. The number of hydrogen-bond acceptors (Lipinski definition) is 6. The third-order valence-electron chi connectivity index (χ3n) is 2.61. The third kappa shape index (κ3) is 7.08. The third-order valence-corrected chi connectivity index (χ3v) is 2.61. The van der Waals surface area contributed by atoms with E-state index in [1.165, 1.54) is 0 Å². The summed E-state index contributed by atoms with van der Waals surface area (Å²) in [6, 6.07) is 7.16. The minimum atomic E-state index is -1.14. The molecule has 1 N–H and O–H groups in total. The van der Waals surface area contributed by atoms with Crippen LogP contribution in [0.5, 0.6) is 5.75 Å². The van der Waals surface area contributed by atoms with E-state index in [0.29, 0.717) is 19.0 Å². The molecule has 1 aromatic rings. The van der Waals surface area contributed by atoms with Gasteiger partial charge in [-0.15, -0.1) is 0 Å². The number of ether oxygens (including phenoxy) is 4. The van der Waals surface area contributed by atoms with Crippen molar-refractivity contribution in [2.75, 3.05) is 33.7 Å². The Hall–Kier alpha value is -1.63. The fourth-order valence-corrected chi connectivity index (χ4v) is 1.63. The Kier molecular flexibility index (Phi) is 8.42. The van der Waals surface area contributed by atoms with Gasteiger partial charge in [0.1, 0.15) is 19.1 Å². The predicted molar refractivity (Wildman–Crippen MR) is 76.1 cm³/mol. The minimum absolute atomic E-state index is 0.218. The van der Waals surface area contributed by atoms with E-state index in [2.05, 4.69) is 0 Å². The Balaban J connectivity index is 2.34. The van der Waals surface area contributed by atoms with Gasteiger partial charge in [-0.25, -0.2) is 4.79 Å². The molecule has 0 aliphatic heterocycles. The zero-order valence-electron chi connectivity index (χ0n) is 12.4. The van der Waals surface area contributed by atoms with E-state index >= 15 is 0 Å². The van der Waals surface area contributed by atoms with Crippen molar-refractivity contribution in [3.63, 3.8) is 0 Å². The number of aliphatic hydroxyl groups is 1. The van der Waals surface area contributed by atoms with Crippen LogP contribution >= 0.6 is 0 Å². The first kappa shape index (κ1) is 17.4. The molecule has 0 saturated carbocycles. The van der Waals surface area contributed by atoms with Gasteiger partial charge in [0.25, 0.3) is 0 Å². The summed E-state index contributed by atoms with van der Waals surface area (Å²) in [5, 5.41) is 9.66. The quantitative estimate of drug-likeness (QED) is 0.397. The summed E-state index contributed by atoms with van der Waals surface area (Å²) < 4.78 is 20.1. The molecular formula is C15H22O6. The van der Waals surface area contributed by atoms with Gasteiger partial charge in [-0.3, -0.25) is 0 Å². The van der Waals surface area contributed by atoms with E-state index in [4.69, 9.17) is 18.9 Å². The average molecular weight is 298 g/mol. The average Bonchev–Trinajstić information content (AvgIpc) is 2.49. The molecule has 0 spiro atoms. The maximum Gasteiger partial charge on any atom is 0.335 e. The van der Waals surface area contributed by atoms with E-state index in [1.807, 2.05) is 0 Å².